The lowest BCUT2D eigenvalue weighted by molar-refractivity contribution is -0.384. The first-order valence-electron chi connectivity index (χ1n) is 10.9. The maximum Gasteiger partial charge on any atom is 0.273 e. The van der Waals surface area contributed by atoms with Crippen molar-refractivity contribution in [1.82, 2.24) is 15.5 Å². The van der Waals surface area contributed by atoms with Gasteiger partial charge in [0.25, 0.3) is 11.6 Å². The molecule has 33 heavy (non-hydrogen) atoms. The third-order valence-electron chi connectivity index (χ3n) is 6.44. The highest BCUT2D eigenvalue weighted by molar-refractivity contribution is 5.97. The van der Waals surface area contributed by atoms with Crippen LogP contribution in [0.1, 0.15) is 23.2 Å². The Morgan fingerprint density at radius 3 is 2.61 bits per heavy atom. The van der Waals surface area contributed by atoms with Gasteiger partial charge in [-0.2, -0.15) is 0 Å². The molecule has 0 radical (unpaired) electrons. The van der Waals surface area contributed by atoms with Crippen molar-refractivity contribution >= 4 is 23.2 Å². The summed E-state index contributed by atoms with van der Waals surface area (Å²) in [5.74, 6) is -0.111. The van der Waals surface area contributed by atoms with Gasteiger partial charge in [0, 0.05) is 37.9 Å². The van der Waals surface area contributed by atoms with Crippen LogP contribution in [0.5, 0.6) is 5.75 Å². The molecule has 2 aliphatic heterocycles. The van der Waals surface area contributed by atoms with Gasteiger partial charge in [-0.05, 0) is 31.0 Å². The minimum Gasteiger partial charge on any atom is -0.496 e. The standard InChI is InChI=1S/C23H27N5O5/c1-33-20-15-18(28(31)32)7-8-19(20)21(29)24-11-14-26-12-9-23(10-13-26)22(30)25-16-27(23)17-5-3-2-4-6-17/h2-8,15H,9-14,16H2,1H3,(H,24,29)(H,25,30). The smallest absolute Gasteiger partial charge is 0.273 e. The molecule has 10 nitrogen and oxygen atoms in total. The number of rotatable bonds is 7. The minimum atomic E-state index is -0.535. The fourth-order valence-electron chi connectivity index (χ4n) is 4.58. The van der Waals surface area contributed by atoms with Crippen LogP contribution in [0.2, 0.25) is 0 Å². The van der Waals surface area contributed by atoms with Gasteiger partial charge in [0.2, 0.25) is 5.91 Å². The number of piperidine rings is 1. The first-order chi connectivity index (χ1) is 15.9. The van der Waals surface area contributed by atoms with Gasteiger partial charge in [0.05, 0.1) is 30.3 Å². The summed E-state index contributed by atoms with van der Waals surface area (Å²) < 4.78 is 5.15. The molecule has 0 saturated carbocycles. The molecule has 2 saturated heterocycles. The van der Waals surface area contributed by atoms with Crippen LogP contribution < -0.4 is 20.3 Å². The topological polar surface area (TPSA) is 117 Å². The van der Waals surface area contributed by atoms with E-state index in [-0.39, 0.29) is 28.8 Å². The summed E-state index contributed by atoms with van der Waals surface area (Å²) in [7, 11) is 1.37. The number of benzene rings is 2. The fourth-order valence-corrected chi connectivity index (χ4v) is 4.58. The van der Waals surface area contributed by atoms with Crippen molar-refractivity contribution in [3.63, 3.8) is 0 Å². The number of nitro benzene ring substituents is 1. The number of likely N-dealkylation sites (tertiary alicyclic amines) is 1. The Balaban J connectivity index is 1.32. The Bertz CT molecular complexity index is 1040. The quantitative estimate of drug-likeness (QED) is 0.485. The molecule has 2 aromatic carbocycles. The number of carbonyl (C=O) groups excluding carboxylic acids is 2. The van der Waals surface area contributed by atoms with E-state index in [1.165, 1.54) is 25.3 Å². The van der Waals surface area contributed by atoms with Crippen LogP contribution in [0.15, 0.2) is 48.5 Å². The summed E-state index contributed by atoms with van der Waals surface area (Å²) in [6, 6.07) is 13.9. The number of ether oxygens (including phenoxy) is 1. The van der Waals surface area contributed by atoms with Crippen molar-refractivity contribution in [2.24, 2.45) is 0 Å². The summed E-state index contributed by atoms with van der Waals surface area (Å²) in [6.07, 6.45) is 1.41. The van der Waals surface area contributed by atoms with Crippen molar-refractivity contribution in [3.05, 3.63) is 64.2 Å². The van der Waals surface area contributed by atoms with Crippen molar-refractivity contribution in [2.75, 3.05) is 44.9 Å². The van der Waals surface area contributed by atoms with Gasteiger partial charge in [0.1, 0.15) is 11.3 Å². The molecule has 0 bridgehead atoms. The molecule has 4 rings (SSSR count). The van der Waals surface area contributed by atoms with E-state index in [1.54, 1.807) is 0 Å². The fraction of sp³-hybridized carbons (Fsp3) is 0.391. The number of anilines is 1. The molecule has 1 spiro atoms. The average molecular weight is 453 g/mol. The molecule has 2 fully saturated rings. The summed E-state index contributed by atoms with van der Waals surface area (Å²) in [4.78, 5) is 40.1. The largest absolute Gasteiger partial charge is 0.496 e. The lowest BCUT2D eigenvalue weighted by atomic mass is 9.85. The number of nitrogens with one attached hydrogen (secondary N) is 2. The molecule has 0 aromatic heterocycles. The number of hydrogen-bond donors (Lipinski definition) is 2. The second kappa shape index (κ2) is 9.45. The number of non-ortho nitro benzene ring substituents is 1. The monoisotopic (exact) mass is 453 g/mol. The maximum absolute atomic E-state index is 12.7. The Labute approximate surface area is 191 Å². The molecule has 0 aliphatic carbocycles. The maximum atomic E-state index is 12.7. The van der Waals surface area contributed by atoms with Crippen molar-refractivity contribution < 1.29 is 19.2 Å². The number of para-hydroxylation sites is 1. The number of nitro groups is 1. The van der Waals surface area contributed by atoms with Gasteiger partial charge >= 0.3 is 0 Å². The van der Waals surface area contributed by atoms with Gasteiger partial charge in [0.15, 0.2) is 0 Å². The first-order valence-corrected chi connectivity index (χ1v) is 10.9. The molecule has 2 amide bonds. The van der Waals surface area contributed by atoms with Gasteiger partial charge in [-0.25, -0.2) is 0 Å². The van der Waals surface area contributed by atoms with E-state index >= 15 is 0 Å². The van der Waals surface area contributed by atoms with Gasteiger partial charge < -0.3 is 25.2 Å². The van der Waals surface area contributed by atoms with Crippen molar-refractivity contribution in [2.45, 2.75) is 18.4 Å². The van der Waals surface area contributed by atoms with Crippen LogP contribution in [0.4, 0.5) is 11.4 Å². The lowest BCUT2D eigenvalue weighted by Gasteiger charge is -2.43. The van der Waals surface area contributed by atoms with Crippen LogP contribution >= 0.6 is 0 Å². The van der Waals surface area contributed by atoms with Crippen LogP contribution in [0, 0.1) is 10.1 Å². The van der Waals surface area contributed by atoms with E-state index in [0.717, 1.165) is 18.8 Å². The minimum absolute atomic E-state index is 0.0737. The van der Waals surface area contributed by atoms with E-state index in [1.807, 2.05) is 30.3 Å². The van der Waals surface area contributed by atoms with Crippen LogP contribution in [-0.4, -0.2) is 67.1 Å². The first kappa shape index (κ1) is 22.5. The van der Waals surface area contributed by atoms with E-state index in [0.29, 0.717) is 32.6 Å². The number of amides is 2. The molecule has 2 heterocycles. The third-order valence-corrected chi connectivity index (χ3v) is 6.44. The number of methoxy groups -OCH3 is 1. The Morgan fingerprint density at radius 2 is 1.94 bits per heavy atom. The van der Waals surface area contributed by atoms with Gasteiger partial charge in [-0.15, -0.1) is 0 Å². The van der Waals surface area contributed by atoms with E-state index in [9.17, 15) is 19.7 Å². The third kappa shape index (κ3) is 4.47. The Morgan fingerprint density at radius 1 is 1.21 bits per heavy atom. The summed E-state index contributed by atoms with van der Waals surface area (Å²) >= 11 is 0. The molecule has 174 valence electrons. The molecule has 0 unspecified atom stereocenters. The molecular weight excluding hydrogens is 426 g/mol. The molecular formula is C23H27N5O5. The molecule has 10 heteroatoms. The van der Waals surface area contributed by atoms with Crippen molar-refractivity contribution in [1.29, 1.82) is 0 Å². The molecule has 2 aromatic rings. The van der Waals surface area contributed by atoms with E-state index in [2.05, 4.69) is 20.4 Å². The summed E-state index contributed by atoms with van der Waals surface area (Å²) in [6.45, 7) is 3.06. The average Bonchev–Trinajstić information content (AvgIpc) is 3.15. The van der Waals surface area contributed by atoms with Crippen LogP contribution in [0.25, 0.3) is 0 Å². The zero-order valence-electron chi connectivity index (χ0n) is 18.5. The van der Waals surface area contributed by atoms with Crippen molar-refractivity contribution in [3.8, 4) is 5.75 Å². The van der Waals surface area contributed by atoms with Gasteiger partial charge in [-0.3, -0.25) is 19.7 Å². The lowest BCUT2D eigenvalue weighted by Crippen LogP contribution is -2.57. The molecule has 0 atom stereocenters. The molecule has 2 N–H and O–H groups in total. The zero-order chi connectivity index (χ0) is 23.4. The van der Waals surface area contributed by atoms with Gasteiger partial charge in [-0.1, -0.05) is 18.2 Å². The second-order valence-corrected chi connectivity index (χ2v) is 8.20. The highest BCUT2D eigenvalue weighted by Gasteiger charge is 2.50. The van der Waals surface area contributed by atoms with Crippen LogP contribution in [-0.2, 0) is 4.79 Å². The Kier molecular flexibility index (Phi) is 6.45. The highest BCUT2D eigenvalue weighted by Crippen LogP contribution is 2.36. The molecule has 2 aliphatic rings. The summed E-state index contributed by atoms with van der Waals surface area (Å²) in [5, 5.41) is 16.8. The van der Waals surface area contributed by atoms with E-state index in [4.69, 9.17) is 4.74 Å². The number of carbonyl (C=O) groups is 2. The zero-order valence-corrected chi connectivity index (χ0v) is 18.5. The summed E-state index contributed by atoms with van der Waals surface area (Å²) in [5.41, 5.74) is 0.620. The number of hydrogen-bond acceptors (Lipinski definition) is 7. The SMILES string of the molecule is COc1cc([N+](=O)[O-])ccc1C(=O)NCCN1CCC2(CC1)C(=O)NCN2c1ccccc1. The normalized spacial score (nSPS) is 17.6. The predicted molar refractivity (Wildman–Crippen MR) is 122 cm³/mol. The van der Waals surface area contributed by atoms with Crippen LogP contribution in [0.3, 0.4) is 0 Å². The highest BCUT2D eigenvalue weighted by atomic mass is 16.6. The Hall–Kier alpha value is -3.66. The predicted octanol–water partition coefficient (Wildman–Crippen LogP) is 1.76. The number of nitrogens with zero attached hydrogens (tertiary/aromatic N) is 3. The van der Waals surface area contributed by atoms with E-state index < -0.39 is 10.5 Å². The second-order valence-electron chi connectivity index (χ2n) is 8.20.